The summed E-state index contributed by atoms with van der Waals surface area (Å²) in [6, 6.07) is 5.63. The first-order valence-electron chi connectivity index (χ1n) is 6.14. The van der Waals surface area contributed by atoms with Crippen LogP contribution in [0, 0.1) is 16.7 Å². The van der Waals surface area contributed by atoms with E-state index in [9.17, 15) is 5.11 Å². The molecule has 0 aromatic heterocycles. The summed E-state index contributed by atoms with van der Waals surface area (Å²) in [5, 5.41) is 19.4. The fourth-order valence-corrected chi connectivity index (χ4v) is 2.46. The standard InChI is InChI=1S/C14H16BrNO3/c1-14(2,8-16)13(17)9-6-10(15)12-11(7-9)18-4-3-5-19-12/h6-7,13,17H,3-5H2,1-2H3. The van der Waals surface area contributed by atoms with Gasteiger partial charge in [0.2, 0.25) is 0 Å². The predicted octanol–water partition coefficient (Wildman–Crippen LogP) is 3.19. The van der Waals surface area contributed by atoms with Gasteiger partial charge >= 0.3 is 0 Å². The van der Waals surface area contributed by atoms with Gasteiger partial charge < -0.3 is 14.6 Å². The molecule has 1 heterocycles. The molecule has 1 atom stereocenters. The van der Waals surface area contributed by atoms with Gasteiger partial charge in [-0.1, -0.05) is 0 Å². The van der Waals surface area contributed by atoms with Crippen LogP contribution in [0.15, 0.2) is 16.6 Å². The highest BCUT2D eigenvalue weighted by Gasteiger charge is 2.30. The van der Waals surface area contributed by atoms with Crippen LogP contribution in [0.4, 0.5) is 0 Å². The molecule has 1 aliphatic heterocycles. The number of ether oxygens (including phenoxy) is 2. The third kappa shape index (κ3) is 2.85. The molecule has 0 aliphatic carbocycles. The summed E-state index contributed by atoms with van der Waals surface area (Å²) in [6.07, 6.45) is -0.0613. The topological polar surface area (TPSA) is 62.5 Å². The van der Waals surface area contributed by atoms with Gasteiger partial charge in [0.15, 0.2) is 11.5 Å². The number of nitriles is 1. The Morgan fingerprint density at radius 2 is 2.05 bits per heavy atom. The highest BCUT2D eigenvalue weighted by Crippen LogP contribution is 2.42. The lowest BCUT2D eigenvalue weighted by Crippen LogP contribution is -2.20. The third-order valence-corrected chi connectivity index (χ3v) is 3.70. The highest BCUT2D eigenvalue weighted by molar-refractivity contribution is 9.10. The Morgan fingerprint density at radius 3 is 2.74 bits per heavy atom. The van der Waals surface area contributed by atoms with Gasteiger partial charge in [0.05, 0.1) is 35.3 Å². The molecule has 19 heavy (non-hydrogen) atoms. The number of aliphatic hydroxyl groups excluding tert-OH is 1. The van der Waals surface area contributed by atoms with E-state index in [0.29, 0.717) is 30.3 Å². The minimum Gasteiger partial charge on any atom is -0.490 e. The van der Waals surface area contributed by atoms with Crippen molar-refractivity contribution in [1.82, 2.24) is 0 Å². The van der Waals surface area contributed by atoms with E-state index in [4.69, 9.17) is 14.7 Å². The average molecular weight is 326 g/mol. The Morgan fingerprint density at radius 1 is 1.37 bits per heavy atom. The van der Waals surface area contributed by atoms with Crippen molar-refractivity contribution in [2.24, 2.45) is 5.41 Å². The van der Waals surface area contributed by atoms with Crippen LogP contribution in [0.1, 0.15) is 31.9 Å². The van der Waals surface area contributed by atoms with Crippen molar-refractivity contribution in [2.75, 3.05) is 13.2 Å². The Bertz CT molecular complexity index is 522. The Hall–Kier alpha value is -1.25. The second kappa shape index (κ2) is 5.40. The zero-order chi connectivity index (χ0) is 14.0. The van der Waals surface area contributed by atoms with E-state index in [2.05, 4.69) is 22.0 Å². The van der Waals surface area contributed by atoms with Crippen LogP contribution in [0.2, 0.25) is 0 Å². The van der Waals surface area contributed by atoms with Crippen molar-refractivity contribution in [1.29, 1.82) is 5.26 Å². The fraction of sp³-hybridized carbons (Fsp3) is 0.500. The van der Waals surface area contributed by atoms with E-state index in [-0.39, 0.29) is 0 Å². The molecule has 0 bridgehead atoms. The first-order chi connectivity index (χ1) is 8.95. The minimum absolute atomic E-state index is 0.584. The number of rotatable bonds is 2. The van der Waals surface area contributed by atoms with E-state index in [1.54, 1.807) is 26.0 Å². The van der Waals surface area contributed by atoms with Gasteiger partial charge in [0, 0.05) is 6.42 Å². The molecule has 1 unspecified atom stereocenters. The zero-order valence-corrected chi connectivity index (χ0v) is 12.5. The molecule has 0 radical (unpaired) electrons. The second-order valence-electron chi connectivity index (χ2n) is 5.12. The summed E-state index contributed by atoms with van der Waals surface area (Å²) in [7, 11) is 0. The molecule has 102 valence electrons. The van der Waals surface area contributed by atoms with Crippen molar-refractivity contribution < 1.29 is 14.6 Å². The van der Waals surface area contributed by atoms with E-state index in [0.717, 1.165) is 10.9 Å². The number of fused-ring (bicyclic) bond motifs is 1. The molecule has 0 spiro atoms. The largest absolute Gasteiger partial charge is 0.490 e. The van der Waals surface area contributed by atoms with Crippen LogP contribution < -0.4 is 9.47 Å². The van der Waals surface area contributed by atoms with Crippen molar-refractivity contribution in [2.45, 2.75) is 26.4 Å². The van der Waals surface area contributed by atoms with Crippen LogP contribution in [-0.2, 0) is 0 Å². The SMILES string of the molecule is CC(C)(C#N)C(O)c1cc(Br)c2c(c1)OCCCO2. The second-order valence-corrected chi connectivity index (χ2v) is 5.97. The Kier molecular flexibility index (Phi) is 4.02. The molecule has 0 saturated heterocycles. The van der Waals surface area contributed by atoms with Crippen LogP contribution in [0.5, 0.6) is 11.5 Å². The lowest BCUT2D eigenvalue weighted by atomic mass is 9.84. The van der Waals surface area contributed by atoms with E-state index < -0.39 is 11.5 Å². The number of aliphatic hydroxyl groups is 1. The lowest BCUT2D eigenvalue weighted by Gasteiger charge is -2.24. The van der Waals surface area contributed by atoms with Gasteiger partial charge in [0.25, 0.3) is 0 Å². The summed E-state index contributed by atoms with van der Waals surface area (Å²) in [4.78, 5) is 0. The number of nitrogens with zero attached hydrogens (tertiary/aromatic N) is 1. The first-order valence-corrected chi connectivity index (χ1v) is 6.93. The van der Waals surface area contributed by atoms with E-state index >= 15 is 0 Å². The average Bonchev–Trinajstić information content (AvgIpc) is 2.63. The fourth-order valence-electron chi connectivity index (χ4n) is 1.89. The molecular formula is C14H16BrNO3. The summed E-state index contributed by atoms with van der Waals surface area (Å²) >= 11 is 3.43. The summed E-state index contributed by atoms with van der Waals surface area (Å²) < 4.78 is 12.0. The van der Waals surface area contributed by atoms with Crippen LogP contribution in [0.3, 0.4) is 0 Å². The molecule has 1 N–H and O–H groups in total. The van der Waals surface area contributed by atoms with E-state index in [1.165, 1.54) is 0 Å². The molecule has 2 rings (SSSR count). The Labute approximate surface area is 121 Å². The molecule has 0 amide bonds. The molecule has 1 aromatic rings. The van der Waals surface area contributed by atoms with E-state index in [1.807, 2.05) is 0 Å². The number of hydrogen-bond donors (Lipinski definition) is 1. The predicted molar refractivity (Wildman–Crippen MR) is 74.1 cm³/mol. The number of benzene rings is 1. The quantitative estimate of drug-likeness (QED) is 0.907. The zero-order valence-electron chi connectivity index (χ0n) is 10.9. The van der Waals surface area contributed by atoms with Crippen molar-refractivity contribution in [3.8, 4) is 17.6 Å². The maximum atomic E-state index is 10.3. The maximum absolute atomic E-state index is 10.3. The van der Waals surface area contributed by atoms with Gasteiger partial charge in [-0.2, -0.15) is 5.26 Å². The van der Waals surface area contributed by atoms with Crippen molar-refractivity contribution >= 4 is 15.9 Å². The molecule has 1 aromatic carbocycles. The van der Waals surface area contributed by atoms with Crippen LogP contribution in [-0.4, -0.2) is 18.3 Å². The number of hydrogen-bond acceptors (Lipinski definition) is 4. The molecular weight excluding hydrogens is 310 g/mol. The van der Waals surface area contributed by atoms with Gasteiger partial charge in [-0.3, -0.25) is 0 Å². The van der Waals surface area contributed by atoms with Gasteiger partial charge in [-0.05, 0) is 47.5 Å². The monoisotopic (exact) mass is 325 g/mol. The van der Waals surface area contributed by atoms with Crippen molar-refractivity contribution in [3.05, 3.63) is 22.2 Å². The minimum atomic E-state index is -0.883. The Balaban J connectivity index is 2.42. The molecule has 0 fully saturated rings. The third-order valence-electron chi connectivity index (χ3n) is 3.11. The van der Waals surface area contributed by atoms with Gasteiger partial charge in [-0.25, -0.2) is 0 Å². The summed E-state index contributed by atoms with van der Waals surface area (Å²) in [6.45, 7) is 4.60. The highest BCUT2D eigenvalue weighted by atomic mass is 79.9. The van der Waals surface area contributed by atoms with Crippen LogP contribution in [0.25, 0.3) is 0 Å². The van der Waals surface area contributed by atoms with Gasteiger partial charge in [0.1, 0.15) is 0 Å². The molecule has 0 saturated carbocycles. The van der Waals surface area contributed by atoms with Gasteiger partial charge in [-0.15, -0.1) is 0 Å². The normalized spacial score (nSPS) is 16.4. The molecule has 5 heteroatoms. The molecule has 1 aliphatic rings. The smallest absolute Gasteiger partial charge is 0.175 e. The maximum Gasteiger partial charge on any atom is 0.175 e. The lowest BCUT2D eigenvalue weighted by molar-refractivity contribution is 0.0864. The summed E-state index contributed by atoms with van der Waals surface area (Å²) in [5.74, 6) is 1.26. The van der Waals surface area contributed by atoms with Crippen molar-refractivity contribution in [3.63, 3.8) is 0 Å². The first kappa shape index (κ1) is 14.2. The molecule has 4 nitrogen and oxygen atoms in total. The number of halogens is 1. The van der Waals surface area contributed by atoms with Crippen LogP contribution >= 0.6 is 15.9 Å². The summed E-state index contributed by atoms with van der Waals surface area (Å²) in [5.41, 5.74) is -0.220.